The first-order valence-electron chi connectivity index (χ1n) is 19.2. The zero-order valence-corrected chi connectivity index (χ0v) is 32.1. The van der Waals surface area contributed by atoms with Crippen LogP contribution in [0, 0.1) is 0 Å². The van der Waals surface area contributed by atoms with Gasteiger partial charge < -0.3 is 61.3 Å². The molecule has 0 saturated carbocycles. The van der Waals surface area contributed by atoms with Crippen LogP contribution in [0.25, 0.3) is 28.9 Å². The number of aromatic hydroxyl groups is 8. The van der Waals surface area contributed by atoms with Crippen molar-refractivity contribution < 1.29 is 60.3 Å². The van der Waals surface area contributed by atoms with Gasteiger partial charge in [-0.2, -0.15) is 0 Å². The molecule has 14 nitrogen and oxygen atoms in total. The zero-order valence-electron chi connectivity index (χ0n) is 32.1. The second-order valence-corrected chi connectivity index (χ2v) is 14.6. The summed E-state index contributed by atoms with van der Waals surface area (Å²) in [6.45, 7) is 2.80. The maximum atomic E-state index is 13.4. The second kappa shape index (κ2) is 17.4. The van der Waals surface area contributed by atoms with Crippen molar-refractivity contribution in [1.82, 2.24) is 10.6 Å². The predicted octanol–water partition coefficient (Wildman–Crippen LogP) is 5.92. The lowest BCUT2D eigenvalue weighted by atomic mass is 9.75. The Morgan fingerprint density at radius 2 is 1.55 bits per heavy atom. The van der Waals surface area contributed by atoms with Gasteiger partial charge in [0.05, 0.1) is 0 Å². The molecule has 0 heterocycles. The van der Waals surface area contributed by atoms with Crippen LogP contribution in [0.5, 0.6) is 46.0 Å². The molecule has 3 atom stereocenters. The van der Waals surface area contributed by atoms with E-state index in [2.05, 4.69) is 10.6 Å². The number of phenolic OH excluding ortho intramolecular Hbond substituents is 8. The largest absolute Gasteiger partial charge is 0.508 e. The number of likely N-dealkylation sites (N-methyl/N-ethyl adjacent to an activating group) is 1. The molecule has 2 aliphatic rings. The number of benzene rings is 4. The number of nitrogens with one attached hydrogen (secondary N) is 2. The van der Waals surface area contributed by atoms with Crippen molar-refractivity contribution in [3.05, 3.63) is 87.5 Å². The van der Waals surface area contributed by atoms with Crippen molar-refractivity contribution in [3.8, 4) is 57.1 Å². The zero-order chi connectivity index (χ0) is 41.8. The van der Waals surface area contributed by atoms with Crippen LogP contribution in [0.3, 0.4) is 0 Å². The molecule has 11 N–H and O–H groups in total. The normalized spacial score (nSPS) is 15.8. The van der Waals surface area contributed by atoms with Crippen LogP contribution in [0.15, 0.2) is 48.5 Å². The SMILES string of the molecule is CCNC[C@@H](c1cc(O)c(O)c(O)c1)[C@@H](OC(=O)/C=C/c1cc(O)c(O)c2c1C=C(c1cc(O)c(O)c3c1-c1cccc(O)c1CCC3)C[C@H]2CCCNC)C(=O)O. The van der Waals surface area contributed by atoms with Gasteiger partial charge in [-0.3, -0.25) is 0 Å². The third-order valence-corrected chi connectivity index (χ3v) is 10.9. The number of carboxylic acids is 1. The molecule has 0 radical (unpaired) electrons. The first-order chi connectivity index (χ1) is 27.7. The number of phenols is 8. The van der Waals surface area contributed by atoms with E-state index >= 15 is 0 Å². The number of esters is 1. The summed E-state index contributed by atoms with van der Waals surface area (Å²) in [7, 11) is 1.82. The minimum absolute atomic E-state index is 0.0451. The van der Waals surface area contributed by atoms with E-state index in [1.807, 2.05) is 13.1 Å². The summed E-state index contributed by atoms with van der Waals surface area (Å²) in [6.07, 6.45) is 5.51. The van der Waals surface area contributed by atoms with Gasteiger partial charge in [0.25, 0.3) is 0 Å². The summed E-state index contributed by atoms with van der Waals surface area (Å²) in [5, 5.41) is 102. The molecule has 14 heteroatoms. The number of fused-ring (bicyclic) bond motifs is 4. The topological polar surface area (TPSA) is 249 Å². The Balaban J connectivity index is 1.45. The van der Waals surface area contributed by atoms with Crippen molar-refractivity contribution in [1.29, 1.82) is 0 Å². The third-order valence-electron chi connectivity index (χ3n) is 10.9. The lowest BCUT2D eigenvalue weighted by molar-refractivity contribution is -0.162. The van der Waals surface area contributed by atoms with Crippen molar-refractivity contribution in [2.75, 3.05) is 26.7 Å². The fraction of sp³-hybridized carbons (Fsp3) is 0.318. The molecular weight excluding hydrogens is 748 g/mol. The van der Waals surface area contributed by atoms with Gasteiger partial charge in [-0.25, -0.2) is 9.59 Å². The van der Waals surface area contributed by atoms with Crippen LogP contribution in [-0.4, -0.2) is 90.7 Å². The van der Waals surface area contributed by atoms with E-state index in [0.29, 0.717) is 90.6 Å². The molecule has 4 aromatic rings. The van der Waals surface area contributed by atoms with Crippen molar-refractivity contribution in [3.63, 3.8) is 0 Å². The number of ether oxygens (including phenoxy) is 1. The Bertz CT molecular complexity index is 2280. The van der Waals surface area contributed by atoms with E-state index in [4.69, 9.17) is 4.74 Å². The fourth-order valence-corrected chi connectivity index (χ4v) is 8.18. The molecule has 4 aromatic carbocycles. The molecule has 6 rings (SSSR count). The van der Waals surface area contributed by atoms with Gasteiger partial charge in [0.2, 0.25) is 6.10 Å². The first kappa shape index (κ1) is 41.3. The Morgan fingerprint density at radius 1 is 0.862 bits per heavy atom. The predicted molar refractivity (Wildman–Crippen MR) is 216 cm³/mol. The molecule has 0 bridgehead atoms. The van der Waals surface area contributed by atoms with Crippen molar-refractivity contribution >= 4 is 29.7 Å². The lowest BCUT2D eigenvalue weighted by Crippen LogP contribution is -2.38. The Hall–Kier alpha value is -6.38. The summed E-state index contributed by atoms with van der Waals surface area (Å²) in [6, 6.07) is 10.1. The number of carbonyl (C=O) groups excluding carboxylic acids is 1. The van der Waals surface area contributed by atoms with Crippen molar-refractivity contribution in [2.45, 2.75) is 63.4 Å². The van der Waals surface area contributed by atoms with E-state index in [0.717, 1.165) is 23.8 Å². The van der Waals surface area contributed by atoms with Crippen LogP contribution < -0.4 is 10.6 Å². The molecule has 0 amide bonds. The third kappa shape index (κ3) is 8.20. The Labute approximate surface area is 334 Å². The van der Waals surface area contributed by atoms with E-state index < -0.39 is 47.0 Å². The number of carbonyl (C=O) groups is 2. The summed E-state index contributed by atoms with van der Waals surface area (Å²) in [5.74, 6) is -7.46. The van der Waals surface area contributed by atoms with E-state index in [9.17, 15) is 55.5 Å². The van der Waals surface area contributed by atoms with Gasteiger partial charge in [-0.15, -0.1) is 0 Å². The van der Waals surface area contributed by atoms with Crippen LogP contribution in [0.1, 0.15) is 83.4 Å². The highest BCUT2D eigenvalue weighted by molar-refractivity contribution is 5.98. The standard InChI is InChI=1S/C44H48N2O12/c1-3-46-21-31(25-18-33(48)41(54)34(49)19-25)43(44(56)57)58-37(52)13-12-22-17-35(50)42(55)38-23(7-6-14-45-2)15-24(16-29(22)38)30-20-36(51)40(53)28-10-4-8-26-27(39(28)30)9-5-11-32(26)47/h5,9,11-13,16-20,23,31,43,45-51,53-55H,3-4,6-8,10,14-15,21H2,1-2H3,(H,56,57)/b13-12+/t23-,31+,43-/m1/s1. The number of hydrogen-bond acceptors (Lipinski definition) is 13. The van der Waals surface area contributed by atoms with Crippen LogP contribution >= 0.6 is 0 Å². The lowest BCUT2D eigenvalue weighted by Gasteiger charge is -2.30. The first-order valence-corrected chi connectivity index (χ1v) is 19.2. The van der Waals surface area contributed by atoms with Crippen LogP contribution in [0.2, 0.25) is 0 Å². The van der Waals surface area contributed by atoms with E-state index in [-0.39, 0.29) is 46.6 Å². The molecule has 0 unspecified atom stereocenters. The second-order valence-electron chi connectivity index (χ2n) is 14.6. The van der Waals surface area contributed by atoms with Gasteiger partial charge in [0, 0.05) is 35.2 Å². The molecule has 0 saturated heterocycles. The average molecular weight is 797 g/mol. The smallest absolute Gasteiger partial charge is 0.345 e. The summed E-state index contributed by atoms with van der Waals surface area (Å²) < 4.78 is 5.48. The van der Waals surface area contributed by atoms with Gasteiger partial charge in [0.1, 0.15) is 5.75 Å². The fourth-order valence-electron chi connectivity index (χ4n) is 8.18. The molecule has 2 aliphatic carbocycles. The number of carboxylic acid groups (broad SMARTS) is 1. The maximum Gasteiger partial charge on any atom is 0.345 e. The number of hydrogen-bond donors (Lipinski definition) is 11. The number of allylic oxidation sites excluding steroid dienone is 1. The molecule has 0 aliphatic heterocycles. The highest BCUT2D eigenvalue weighted by Crippen LogP contribution is 2.53. The van der Waals surface area contributed by atoms with E-state index in [1.165, 1.54) is 18.2 Å². The van der Waals surface area contributed by atoms with Crippen LogP contribution in [-0.2, 0) is 27.2 Å². The maximum absolute atomic E-state index is 13.4. The van der Waals surface area contributed by atoms with Crippen LogP contribution in [0.4, 0.5) is 0 Å². The minimum atomic E-state index is -1.82. The quantitative estimate of drug-likeness (QED) is 0.0307. The highest BCUT2D eigenvalue weighted by Gasteiger charge is 2.35. The summed E-state index contributed by atoms with van der Waals surface area (Å²) in [5.41, 5.74) is 5.20. The van der Waals surface area contributed by atoms with Gasteiger partial charge in [0.15, 0.2) is 40.2 Å². The summed E-state index contributed by atoms with van der Waals surface area (Å²) in [4.78, 5) is 26.0. The molecular formula is C44H48N2O12. The van der Waals surface area contributed by atoms with Gasteiger partial charge in [-0.05, 0) is 140 Å². The van der Waals surface area contributed by atoms with E-state index in [1.54, 1.807) is 25.1 Å². The minimum Gasteiger partial charge on any atom is -0.508 e. The average Bonchev–Trinajstić information content (AvgIpc) is 3.39. The summed E-state index contributed by atoms with van der Waals surface area (Å²) >= 11 is 0. The highest BCUT2D eigenvalue weighted by atomic mass is 16.6. The molecule has 0 fully saturated rings. The molecule has 58 heavy (non-hydrogen) atoms. The molecule has 0 spiro atoms. The molecule has 306 valence electrons. The Morgan fingerprint density at radius 3 is 2.24 bits per heavy atom. The van der Waals surface area contributed by atoms with Gasteiger partial charge >= 0.3 is 11.9 Å². The number of rotatable bonds is 14. The number of aliphatic carboxylic acids is 1. The Kier molecular flexibility index (Phi) is 12.4. The monoisotopic (exact) mass is 796 g/mol. The van der Waals surface area contributed by atoms with Gasteiger partial charge in [-0.1, -0.05) is 25.1 Å². The molecule has 0 aromatic heterocycles. The van der Waals surface area contributed by atoms with Crippen molar-refractivity contribution in [2.24, 2.45) is 0 Å².